The first kappa shape index (κ1) is 31.3. The summed E-state index contributed by atoms with van der Waals surface area (Å²) in [6.45, 7) is 8.13. The van der Waals surface area contributed by atoms with Gasteiger partial charge in [0, 0.05) is 29.9 Å². The summed E-state index contributed by atoms with van der Waals surface area (Å²) >= 11 is 0. The molecular weight excluding hydrogens is 566 g/mol. The molecule has 5 rings (SSSR count). The number of Topliss-reactive ketones (excluding diaryl/α,β-unsaturated/α-hetero) is 1. The molecule has 2 saturated heterocycles. The Labute approximate surface area is 248 Å². The number of rotatable bonds is 6. The minimum absolute atomic E-state index is 0.107. The molecule has 13 nitrogen and oxygen atoms in total. The number of allylic oxidation sites excluding steroid dienone is 3. The van der Waals surface area contributed by atoms with Crippen molar-refractivity contribution < 1.29 is 57.9 Å². The van der Waals surface area contributed by atoms with Crippen molar-refractivity contribution in [3.63, 3.8) is 0 Å². The second-order valence-corrected chi connectivity index (χ2v) is 13.1. The van der Waals surface area contributed by atoms with E-state index < -0.39 is 94.3 Å². The number of aliphatic hydroxyl groups is 2. The van der Waals surface area contributed by atoms with E-state index in [9.17, 15) is 34.2 Å². The van der Waals surface area contributed by atoms with Gasteiger partial charge in [-0.15, -0.1) is 0 Å². The summed E-state index contributed by atoms with van der Waals surface area (Å²) in [5.74, 6) is -6.95. The molecule has 0 aromatic carbocycles. The van der Waals surface area contributed by atoms with Gasteiger partial charge in [-0.3, -0.25) is 9.59 Å². The SMILES string of the molecule is COC(=O)[C@@]12OC[C@]34C([C@@H](O)[C@@H]1O)[C@@]1(C)CC(=O)C(OC(=O)C[C@H](C)N)=C(C)[C@@H]1C[C@H]3OC(=O)C(OC(=O)C=C(C)C)[C@@H]24. The first-order chi connectivity index (χ1) is 20.1. The van der Waals surface area contributed by atoms with E-state index in [2.05, 4.69) is 0 Å². The molecule has 0 radical (unpaired) electrons. The third-order valence-electron chi connectivity index (χ3n) is 10.2. The summed E-state index contributed by atoms with van der Waals surface area (Å²) in [4.78, 5) is 65.9. The van der Waals surface area contributed by atoms with Crippen LogP contribution in [0, 0.1) is 28.6 Å². The number of ether oxygens (including phenoxy) is 5. The number of carbonyl (C=O) groups excluding carboxylic acids is 5. The topological polar surface area (TPSA) is 198 Å². The molecule has 0 aromatic rings. The molecule has 11 atom stereocenters. The lowest BCUT2D eigenvalue weighted by Crippen LogP contribution is -2.79. The molecule has 1 spiro atoms. The fourth-order valence-electron chi connectivity index (χ4n) is 8.80. The van der Waals surface area contributed by atoms with E-state index in [1.807, 2.05) is 0 Å². The summed E-state index contributed by atoms with van der Waals surface area (Å²) in [6.07, 6.45) is -5.21. The van der Waals surface area contributed by atoms with E-state index in [1.165, 1.54) is 6.08 Å². The van der Waals surface area contributed by atoms with Crippen LogP contribution in [-0.4, -0.2) is 89.6 Å². The highest BCUT2D eigenvalue weighted by Gasteiger charge is 2.85. The lowest BCUT2D eigenvalue weighted by atomic mass is 9.38. The van der Waals surface area contributed by atoms with Gasteiger partial charge >= 0.3 is 23.9 Å². The van der Waals surface area contributed by atoms with Crippen LogP contribution < -0.4 is 5.73 Å². The molecular formula is C30H39NO12. The molecule has 0 aromatic heterocycles. The van der Waals surface area contributed by atoms with Crippen LogP contribution >= 0.6 is 0 Å². The van der Waals surface area contributed by atoms with Gasteiger partial charge in [-0.2, -0.15) is 0 Å². The molecule has 3 aliphatic carbocycles. The monoisotopic (exact) mass is 605 g/mol. The van der Waals surface area contributed by atoms with Gasteiger partial charge in [0.2, 0.25) is 11.7 Å². The highest BCUT2D eigenvalue weighted by Crippen LogP contribution is 2.72. The Morgan fingerprint density at radius 1 is 1.19 bits per heavy atom. The van der Waals surface area contributed by atoms with Crippen LogP contribution in [0.25, 0.3) is 0 Å². The lowest BCUT2D eigenvalue weighted by Gasteiger charge is -2.67. The van der Waals surface area contributed by atoms with Crippen LogP contribution in [0.2, 0.25) is 0 Å². The van der Waals surface area contributed by atoms with Crippen molar-refractivity contribution in [3.05, 3.63) is 23.0 Å². The fraction of sp³-hybridized carbons (Fsp3) is 0.700. The fourth-order valence-corrected chi connectivity index (χ4v) is 8.80. The van der Waals surface area contributed by atoms with E-state index in [-0.39, 0.29) is 31.6 Å². The molecule has 2 bridgehead atoms. The second kappa shape index (κ2) is 10.5. The van der Waals surface area contributed by atoms with E-state index in [4.69, 9.17) is 29.4 Å². The van der Waals surface area contributed by atoms with Crippen LogP contribution in [0.4, 0.5) is 0 Å². The standard InChI is InChI=1S/C30H39NO12/c1-12(2)7-18(33)43-22-24-29-11-40-30(24,27(38)39-6)25(36)20(35)23(29)28(5)10-16(32)21(42-19(34)8-13(3)31)14(4)15(28)9-17(29)41-26(22)37/h7,13,15,17,20,22-25,35-36H,8-11,31H2,1-6H3/t13-,15-,17+,20+,22?,23?,24+,25-,28-,29+,30-/m0/s1. The van der Waals surface area contributed by atoms with Crippen LogP contribution in [0.1, 0.15) is 53.9 Å². The molecule has 5 aliphatic rings. The Hall–Kier alpha value is -3.13. The van der Waals surface area contributed by atoms with Gasteiger partial charge in [0.05, 0.1) is 32.2 Å². The zero-order valence-electron chi connectivity index (χ0n) is 25.1. The lowest BCUT2D eigenvalue weighted by molar-refractivity contribution is -0.290. The Bertz CT molecular complexity index is 1330. The Kier molecular flexibility index (Phi) is 7.64. The quantitative estimate of drug-likeness (QED) is 0.212. The number of carbonyl (C=O) groups is 5. The number of methoxy groups -OCH3 is 1. The smallest absolute Gasteiger partial charge is 0.348 e. The molecule has 4 fully saturated rings. The van der Waals surface area contributed by atoms with Crippen LogP contribution in [0.5, 0.6) is 0 Å². The van der Waals surface area contributed by atoms with Crippen molar-refractivity contribution in [3.8, 4) is 0 Å². The van der Waals surface area contributed by atoms with E-state index in [1.54, 1.807) is 34.6 Å². The van der Waals surface area contributed by atoms with Crippen molar-refractivity contribution in [1.29, 1.82) is 0 Å². The van der Waals surface area contributed by atoms with Crippen molar-refractivity contribution in [2.45, 2.75) is 89.9 Å². The van der Waals surface area contributed by atoms with Crippen LogP contribution in [0.15, 0.2) is 23.0 Å². The normalized spacial score (nSPS) is 41.7. The van der Waals surface area contributed by atoms with Gasteiger partial charge in [0.15, 0.2) is 11.5 Å². The van der Waals surface area contributed by atoms with Crippen molar-refractivity contribution in [2.75, 3.05) is 13.7 Å². The zero-order valence-corrected chi connectivity index (χ0v) is 25.1. The predicted octanol–water partition coefficient (Wildman–Crippen LogP) is 0.240. The Morgan fingerprint density at radius 2 is 1.86 bits per heavy atom. The van der Waals surface area contributed by atoms with E-state index in [0.29, 0.717) is 11.1 Å². The molecule has 2 aliphatic heterocycles. The van der Waals surface area contributed by atoms with Crippen molar-refractivity contribution in [1.82, 2.24) is 0 Å². The summed E-state index contributed by atoms with van der Waals surface area (Å²) < 4.78 is 28.2. The molecule has 2 unspecified atom stereocenters. The highest BCUT2D eigenvalue weighted by molar-refractivity contribution is 5.98. The van der Waals surface area contributed by atoms with Crippen molar-refractivity contribution >= 4 is 29.7 Å². The van der Waals surface area contributed by atoms with E-state index in [0.717, 1.165) is 7.11 Å². The molecule has 4 N–H and O–H groups in total. The average molecular weight is 606 g/mol. The number of nitrogens with two attached hydrogens (primary N) is 1. The minimum atomic E-state index is -2.26. The van der Waals surface area contributed by atoms with Gasteiger partial charge < -0.3 is 39.6 Å². The second-order valence-electron chi connectivity index (χ2n) is 13.1. The summed E-state index contributed by atoms with van der Waals surface area (Å²) in [7, 11) is 1.08. The third-order valence-corrected chi connectivity index (χ3v) is 10.2. The van der Waals surface area contributed by atoms with Gasteiger partial charge in [0.1, 0.15) is 12.2 Å². The Balaban J connectivity index is 1.67. The van der Waals surface area contributed by atoms with Gasteiger partial charge in [0.25, 0.3) is 0 Å². The van der Waals surface area contributed by atoms with Gasteiger partial charge in [-0.05, 0) is 51.0 Å². The molecule has 0 amide bonds. The van der Waals surface area contributed by atoms with Crippen LogP contribution in [-0.2, 0) is 47.7 Å². The van der Waals surface area contributed by atoms with Crippen molar-refractivity contribution in [2.24, 2.45) is 34.3 Å². The Morgan fingerprint density at radius 3 is 2.47 bits per heavy atom. The maximum atomic E-state index is 13.6. The predicted molar refractivity (Wildman–Crippen MR) is 144 cm³/mol. The number of esters is 4. The molecule has 43 heavy (non-hydrogen) atoms. The highest BCUT2D eigenvalue weighted by atomic mass is 16.6. The van der Waals surface area contributed by atoms with Gasteiger partial charge in [-0.25, -0.2) is 14.4 Å². The third kappa shape index (κ3) is 4.30. The zero-order chi connectivity index (χ0) is 31.8. The number of hydrogen-bond acceptors (Lipinski definition) is 13. The summed E-state index contributed by atoms with van der Waals surface area (Å²) in [5.41, 5.74) is 2.06. The van der Waals surface area contributed by atoms with E-state index >= 15 is 0 Å². The first-order valence-electron chi connectivity index (χ1n) is 14.4. The molecule has 236 valence electrons. The summed E-state index contributed by atoms with van der Waals surface area (Å²) in [5, 5.41) is 23.5. The largest absolute Gasteiger partial charge is 0.467 e. The first-order valence-corrected chi connectivity index (χ1v) is 14.4. The maximum absolute atomic E-state index is 13.6. The van der Waals surface area contributed by atoms with Crippen LogP contribution in [0.3, 0.4) is 0 Å². The minimum Gasteiger partial charge on any atom is -0.467 e. The number of fused-ring (bicyclic) bond motifs is 2. The number of aliphatic hydroxyl groups excluding tert-OH is 2. The number of ketones is 1. The molecule has 2 heterocycles. The maximum Gasteiger partial charge on any atom is 0.348 e. The molecule has 13 heteroatoms. The van der Waals surface area contributed by atoms with Gasteiger partial charge in [-0.1, -0.05) is 12.5 Å². The number of hydrogen-bond donors (Lipinski definition) is 3. The molecule has 2 saturated carbocycles. The summed E-state index contributed by atoms with van der Waals surface area (Å²) in [6, 6.07) is -0.486. The average Bonchev–Trinajstić information content (AvgIpc) is 3.21.